The zero-order chi connectivity index (χ0) is 19.3. The highest BCUT2D eigenvalue weighted by atomic mass is 32.1. The van der Waals surface area contributed by atoms with Crippen LogP contribution in [-0.2, 0) is 12.8 Å². The molecule has 4 aromatic rings. The summed E-state index contributed by atoms with van der Waals surface area (Å²) in [4.78, 5) is 1.45. The molecule has 6 rings (SSSR count). The molecule has 0 nitrogen and oxygen atoms in total. The number of hydrogen-bond donors (Lipinski definition) is 0. The monoisotopic (exact) mass is 393 g/mol. The molecule has 1 aromatic heterocycles. The average molecular weight is 394 g/mol. The standard InChI is InChI=1S/C17H14S.C9H7Si/c1-10-11(2)18-17-13(10)7-8-15-14-6-4-3-5-12(14)9-16(15)17;10-9-5-7-3-1-2-4-8(7)6-9/h3-8H,9H2,1-2H3;1-5H,6H2. The number of thiophene rings is 1. The first kappa shape index (κ1) is 17.7. The summed E-state index contributed by atoms with van der Waals surface area (Å²) < 4.78 is 1.50. The summed E-state index contributed by atoms with van der Waals surface area (Å²) in [5, 5.41) is 2.73. The first-order valence-electron chi connectivity index (χ1n) is 9.72. The van der Waals surface area contributed by atoms with Crippen LogP contribution in [0.4, 0.5) is 0 Å². The van der Waals surface area contributed by atoms with Crippen LogP contribution < -0.4 is 0 Å². The van der Waals surface area contributed by atoms with Crippen molar-refractivity contribution in [3.05, 3.63) is 98.6 Å². The summed E-state index contributed by atoms with van der Waals surface area (Å²) in [7, 11) is 3.53. The largest absolute Gasteiger partial charge is 0.140 e. The van der Waals surface area contributed by atoms with E-state index in [1.807, 2.05) is 11.3 Å². The van der Waals surface area contributed by atoms with Gasteiger partial charge in [0, 0.05) is 16.0 Å². The van der Waals surface area contributed by atoms with Gasteiger partial charge in [-0.15, -0.1) is 11.3 Å². The fraction of sp³-hybridized carbons (Fsp3) is 0.154. The van der Waals surface area contributed by atoms with Gasteiger partial charge in [0.15, 0.2) is 0 Å². The second-order valence-electron chi connectivity index (χ2n) is 7.63. The number of benzene rings is 3. The molecule has 0 saturated carbocycles. The summed E-state index contributed by atoms with van der Waals surface area (Å²) in [5.74, 6) is 0. The van der Waals surface area contributed by atoms with Crippen LogP contribution in [0, 0.1) is 13.8 Å². The van der Waals surface area contributed by atoms with Crippen molar-refractivity contribution in [3.8, 4) is 11.1 Å². The molecule has 0 atom stereocenters. The molecule has 3 aromatic carbocycles. The molecule has 0 aliphatic heterocycles. The lowest BCUT2D eigenvalue weighted by molar-refractivity contribution is 1.29. The number of rotatable bonds is 0. The fourth-order valence-electron chi connectivity index (χ4n) is 4.29. The third kappa shape index (κ3) is 2.88. The number of hydrogen-bond acceptors (Lipinski definition) is 1. The predicted octanol–water partition coefficient (Wildman–Crippen LogP) is 6.84. The second-order valence-corrected chi connectivity index (χ2v) is 9.50. The van der Waals surface area contributed by atoms with Crippen LogP contribution in [0.5, 0.6) is 0 Å². The van der Waals surface area contributed by atoms with E-state index in [-0.39, 0.29) is 0 Å². The van der Waals surface area contributed by atoms with E-state index in [0.29, 0.717) is 0 Å². The molecule has 1 heterocycles. The summed E-state index contributed by atoms with van der Waals surface area (Å²) in [6, 6.07) is 21.9. The van der Waals surface area contributed by atoms with Crippen LogP contribution >= 0.6 is 11.3 Å². The number of allylic oxidation sites excluding steroid dienone is 1. The first-order chi connectivity index (χ1) is 13.6. The van der Waals surface area contributed by atoms with Crippen molar-refractivity contribution in [1.82, 2.24) is 0 Å². The van der Waals surface area contributed by atoms with E-state index in [1.54, 1.807) is 0 Å². The van der Waals surface area contributed by atoms with E-state index in [9.17, 15) is 0 Å². The summed E-state index contributed by atoms with van der Waals surface area (Å²) in [6.45, 7) is 4.47. The molecule has 0 saturated heterocycles. The zero-order valence-electron chi connectivity index (χ0n) is 16.2. The van der Waals surface area contributed by atoms with E-state index in [0.717, 1.165) is 12.8 Å². The Morgan fingerprint density at radius 3 is 2.36 bits per heavy atom. The molecule has 0 unspecified atom stereocenters. The van der Waals surface area contributed by atoms with Crippen LogP contribution in [-0.4, -0.2) is 10.2 Å². The van der Waals surface area contributed by atoms with Crippen molar-refractivity contribution in [2.45, 2.75) is 26.7 Å². The SMILES string of the molecule is Cc1sc2c3c(ccc2c1C)-c1ccccc1C3.[Si]C1=Cc2ccccc2C1. The third-order valence-corrected chi connectivity index (χ3v) is 7.49. The van der Waals surface area contributed by atoms with Gasteiger partial charge in [0.2, 0.25) is 0 Å². The summed E-state index contributed by atoms with van der Waals surface area (Å²) in [5.41, 5.74) is 10.1. The molecule has 0 bridgehead atoms. The minimum atomic E-state index is 1.06. The summed E-state index contributed by atoms with van der Waals surface area (Å²) in [6.07, 6.45) is 4.33. The van der Waals surface area contributed by atoms with Crippen LogP contribution in [0.3, 0.4) is 0 Å². The van der Waals surface area contributed by atoms with Crippen molar-refractivity contribution in [2.24, 2.45) is 0 Å². The molecule has 2 aliphatic carbocycles. The zero-order valence-corrected chi connectivity index (χ0v) is 18.0. The molecule has 0 N–H and O–H groups in total. The second kappa shape index (κ2) is 6.88. The normalized spacial score (nSPS) is 13.5. The molecule has 2 heteroatoms. The maximum absolute atomic E-state index is 3.53. The molecule has 28 heavy (non-hydrogen) atoms. The van der Waals surface area contributed by atoms with Crippen molar-refractivity contribution >= 4 is 37.7 Å². The molecular formula is C26H21SSi. The van der Waals surface area contributed by atoms with Gasteiger partial charge < -0.3 is 0 Å². The Morgan fingerprint density at radius 2 is 1.54 bits per heavy atom. The van der Waals surface area contributed by atoms with E-state index in [2.05, 4.69) is 90.8 Å². The number of fused-ring (bicyclic) bond motifs is 6. The molecular weight excluding hydrogens is 372 g/mol. The van der Waals surface area contributed by atoms with E-state index in [1.165, 1.54) is 59.1 Å². The minimum Gasteiger partial charge on any atom is -0.140 e. The van der Waals surface area contributed by atoms with Gasteiger partial charge in [0.1, 0.15) is 0 Å². The topological polar surface area (TPSA) is 0 Å². The molecule has 0 amide bonds. The van der Waals surface area contributed by atoms with Gasteiger partial charge in [-0.3, -0.25) is 0 Å². The van der Waals surface area contributed by atoms with Crippen LogP contribution in [0.2, 0.25) is 0 Å². The molecule has 135 valence electrons. The maximum Gasteiger partial charge on any atom is 0.0655 e. The minimum absolute atomic E-state index is 1.06. The average Bonchev–Trinajstić information content (AvgIpc) is 3.35. The Labute approximate surface area is 174 Å². The lowest BCUT2D eigenvalue weighted by Crippen LogP contribution is -1.81. The maximum atomic E-state index is 3.53. The smallest absolute Gasteiger partial charge is 0.0655 e. The van der Waals surface area contributed by atoms with Crippen LogP contribution in [0.15, 0.2) is 65.9 Å². The van der Waals surface area contributed by atoms with Gasteiger partial charge in [-0.05, 0) is 64.6 Å². The third-order valence-electron chi connectivity index (χ3n) is 5.89. The fourth-order valence-corrected chi connectivity index (χ4v) is 5.85. The van der Waals surface area contributed by atoms with Crippen molar-refractivity contribution < 1.29 is 0 Å². The highest BCUT2D eigenvalue weighted by Crippen LogP contribution is 2.43. The van der Waals surface area contributed by atoms with Gasteiger partial charge in [-0.1, -0.05) is 71.9 Å². The van der Waals surface area contributed by atoms with Crippen LogP contribution in [0.25, 0.3) is 27.3 Å². The highest BCUT2D eigenvalue weighted by molar-refractivity contribution is 7.19. The van der Waals surface area contributed by atoms with Crippen molar-refractivity contribution in [2.75, 3.05) is 0 Å². The molecule has 0 spiro atoms. The Kier molecular flexibility index (Phi) is 4.34. The van der Waals surface area contributed by atoms with Gasteiger partial charge in [0.25, 0.3) is 0 Å². The first-order valence-corrected chi connectivity index (χ1v) is 11.0. The molecule has 0 fully saturated rings. The Bertz CT molecular complexity index is 1240. The summed E-state index contributed by atoms with van der Waals surface area (Å²) >= 11 is 1.95. The van der Waals surface area contributed by atoms with E-state index in [4.69, 9.17) is 0 Å². The van der Waals surface area contributed by atoms with Gasteiger partial charge >= 0.3 is 0 Å². The highest BCUT2D eigenvalue weighted by Gasteiger charge is 2.21. The molecule has 2 aliphatic rings. The lowest BCUT2D eigenvalue weighted by atomic mass is 10.0. The van der Waals surface area contributed by atoms with E-state index >= 15 is 0 Å². The number of aryl methyl sites for hydroxylation is 2. The van der Waals surface area contributed by atoms with Crippen molar-refractivity contribution in [1.29, 1.82) is 0 Å². The Hall–Kier alpha value is -2.42. The van der Waals surface area contributed by atoms with Crippen LogP contribution in [0.1, 0.15) is 32.7 Å². The predicted molar refractivity (Wildman–Crippen MR) is 123 cm³/mol. The van der Waals surface area contributed by atoms with Gasteiger partial charge in [-0.2, -0.15) is 0 Å². The van der Waals surface area contributed by atoms with Crippen molar-refractivity contribution in [3.63, 3.8) is 0 Å². The Balaban J connectivity index is 0.000000145. The quantitative estimate of drug-likeness (QED) is 0.253. The Morgan fingerprint density at radius 1 is 0.786 bits per heavy atom. The lowest BCUT2D eigenvalue weighted by Gasteiger charge is -2.01. The van der Waals surface area contributed by atoms with Gasteiger partial charge in [0.05, 0.1) is 10.2 Å². The molecule has 3 radical (unpaired) electrons. The van der Waals surface area contributed by atoms with Gasteiger partial charge in [-0.25, -0.2) is 0 Å². The van der Waals surface area contributed by atoms with E-state index < -0.39 is 0 Å².